The maximum atomic E-state index is 5.32. The average molecular weight is 315 g/mol. The smallest absolute Gasteiger partial charge is 0.213 e. The number of ether oxygens (including phenoxy) is 2. The van der Waals surface area contributed by atoms with Gasteiger partial charge in [0.05, 0.1) is 19.9 Å². The summed E-state index contributed by atoms with van der Waals surface area (Å²) in [6.45, 7) is 1.52. The van der Waals surface area contributed by atoms with Gasteiger partial charge in [-0.1, -0.05) is 18.2 Å². The van der Waals surface area contributed by atoms with E-state index in [1.54, 1.807) is 14.2 Å². The minimum atomic E-state index is 0.260. The van der Waals surface area contributed by atoms with E-state index in [0.717, 1.165) is 18.0 Å². The number of benzene rings is 1. The van der Waals surface area contributed by atoms with Gasteiger partial charge in [-0.25, -0.2) is 4.98 Å². The molecule has 0 fully saturated rings. The Bertz CT molecular complexity index is 617. The van der Waals surface area contributed by atoms with Crippen LogP contribution < -0.4 is 14.8 Å². The van der Waals surface area contributed by atoms with Gasteiger partial charge in [-0.2, -0.15) is 0 Å². The van der Waals surface area contributed by atoms with E-state index in [1.165, 1.54) is 5.56 Å². The van der Waals surface area contributed by atoms with Crippen molar-refractivity contribution in [3.63, 3.8) is 0 Å². The van der Waals surface area contributed by atoms with Crippen LogP contribution in [0.3, 0.4) is 0 Å². The van der Waals surface area contributed by atoms with Gasteiger partial charge in [0.2, 0.25) is 5.88 Å². The van der Waals surface area contributed by atoms with Crippen LogP contribution in [0.4, 0.5) is 0 Å². The fourth-order valence-corrected chi connectivity index (χ4v) is 2.45. The fraction of sp³-hybridized carbons (Fsp3) is 0.389. The Morgan fingerprint density at radius 2 is 1.87 bits per heavy atom. The number of aromatic nitrogens is 1. The van der Waals surface area contributed by atoms with Crippen LogP contribution in [0.25, 0.3) is 0 Å². The number of methoxy groups -OCH3 is 2. The van der Waals surface area contributed by atoms with Crippen LogP contribution >= 0.6 is 0 Å². The lowest BCUT2D eigenvalue weighted by Crippen LogP contribution is -2.31. The molecule has 0 saturated heterocycles. The van der Waals surface area contributed by atoms with Crippen LogP contribution in [0.15, 0.2) is 42.5 Å². The molecule has 0 radical (unpaired) electrons. The molecule has 1 aromatic heterocycles. The fourth-order valence-electron chi connectivity index (χ4n) is 2.45. The van der Waals surface area contributed by atoms with Crippen LogP contribution in [0, 0.1) is 0 Å². The summed E-state index contributed by atoms with van der Waals surface area (Å²) in [7, 11) is 7.48. The zero-order valence-electron chi connectivity index (χ0n) is 14.2. The summed E-state index contributed by atoms with van der Waals surface area (Å²) in [6, 6.07) is 14.2. The molecule has 0 aliphatic heterocycles. The molecule has 5 heteroatoms. The van der Waals surface area contributed by atoms with E-state index in [9.17, 15) is 0 Å². The van der Waals surface area contributed by atoms with E-state index >= 15 is 0 Å². The number of hydrogen-bond donors (Lipinski definition) is 1. The molecule has 2 rings (SSSR count). The molecule has 0 aliphatic carbocycles. The first-order valence-corrected chi connectivity index (χ1v) is 7.65. The molecule has 5 nitrogen and oxygen atoms in total. The number of pyridine rings is 1. The quantitative estimate of drug-likeness (QED) is 0.811. The van der Waals surface area contributed by atoms with Gasteiger partial charge in [-0.05, 0) is 37.9 Å². The summed E-state index contributed by atoms with van der Waals surface area (Å²) in [5.74, 6) is 1.52. The first-order chi connectivity index (χ1) is 11.1. The van der Waals surface area contributed by atoms with Gasteiger partial charge in [0.1, 0.15) is 5.75 Å². The van der Waals surface area contributed by atoms with Gasteiger partial charge in [0.25, 0.3) is 0 Å². The van der Waals surface area contributed by atoms with Crippen molar-refractivity contribution in [1.82, 2.24) is 15.2 Å². The molecule has 0 aliphatic rings. The average Bonchev–Trinajstić information content (AvgIpc) is 2.58. The molecule has 0 bridgehead atoms. The zero-order valence-corrected chi connectivity index (χ0v) is 14.2. The van der Waals surface area contributed by atoms with Crippen molar-refractivity contribution >= 4 is 0 Å². The molecule has 0 spiro atoms. The van der Waals surface area contributed by atoms with E-state index in [2.05, 4.69) is 41.4 Å². The molecule has 1 N–H and O–H groups in total. The molecule has 1 atom stereocenters. The lowest BCUT2D eigenvalue weighted by molar-refractivity contribution is 0.287. The van der Waals surface area contributed by atoms with Gasteiger partial charge in [0, 0.05) is 25.2 Å². The Kier molecular flexibility index (Phi) is 6.38. The van der Waals surface area contributed by atoms with E-state index in [1.807, 2.05) is 30.3 Å². The SMILES string of the molecule is COc1cccc(C(CNCc2cccc(OC)n2)N(C)C)c1. The van der Waals surface area contributed by atoms with Crippen molar-refractivity contribution in [1.29, 1.82) is 0 Å². The van der Waals surface area contributed by atoms with Crippen molar-refractivity contribution < 1.29 is 9.47 Å². The number of rotatable bonds is 8. The van der Waals surface area contributed by atoms with Crippen LogP contribution in [-0.4, -0.2) is 44.7 Å². The molecular formula is C18H25N3O2. The molecular weight excluding hydrogens is 290 g/mol. The summed E-state index contributed by atoms with van der Waals surface area (Å²) >= 11 is 0. The predicted octanol–water partition coefficient (Wildman–Crippen LogP) is 2.49. The molecule has 1 unspecified atom stereocenters. The maximum Gasteiger partial charge on any atom is 0.213 e. The third kappa shape index (κ3) is 4.94. The highest BCUT2D eigenvalue weighted by Gasteiger charge is 2.14. The summed E-state index contributed by atoms with van der Waals surface area (Å²) in [6.07, 6.45) is 0. The Hall–Kier alpha value is -2.11. The van der Waals surface area contributed by atoms with Crippen molar-refractivity contribution in [2.75, 3.05) is 34.9 Å². The molecule has 1 heterocycles. The number of nitrogens with zero attached hydrogens (tertiary/aromatic N) is 2. The minimum absolute atomic E-state index is 0.260. The summed E-state index contributed by atoms with van der Waals surface area (Å²) in [4.78, 5) is 6.61. The Labute approximate surface area is 138 Å². The van der Waals surface area contributed by atoms with Crippen LogP contribution in [0.5, 0.6) is 11.6 Å². The Morgan fingerprint density at radius 1 is 1.09 bits per heavy atom. The van der Waals surface area contributed by atoms with E-state index in [4.69, 9.17) is 9.47 Å². The highest BCUT2D eigenvalue weighted by Crippen LogP contribution is 2.22. The highest BCUT2D eigenvalue weighted by atomic mass is 16.5. The second-order valence-corrected chi connectivity index (χ2v) is 5.56. The Balaban J connectivity index is 1.99. The molecule has 1 aromatic carbocycles. The Morgan fingerprint density at radius 3 is 2.57 bits per heavy atom. The summed E-state index contributed by atoms with van der Waals surface area (Å²) < 4.78 is 10.5. The lowest BCUT2D eigenvalue weighted by atomic mass is 10.1. The van der Waals surface area contributed by atoms with Crippen LogP contribution in [0.1, 0.15) is 17.3 Å². The maximum absolute atomic E-state index is 5.32. The van der Waals surface area contributed by atoms with Crippen LogP contribution in [0.2, 0.25) is 0 Å². The van der Waals surface area contributed by atoms with E-state index in [0.29, 0.717) is 12.4 Å². The lowest BCUT2D eigenvalue weighted by Gasteiger charge is -2.25. The van der Waals surface area contributed by atoms with Gasteiger partial charge in [-0.15, -0.1) is 0 Å². The third-order valence-electron chi connectivity index (χ3n) is 3.74. The molecule has 0 amide bonds. The van der Waals surface area contributed by atoms with E-state index < -0.39 is 0 Å². The first-order valence-electron chi connectivity index (χ1n) is 7.65. The van der Waals surface area contributed by atoms with Crippen molar-refractivity contribution in [2.24, 2.45) is 0 Å². The topological polar surface area (TPSA) is 46.6 Å². The predicted molar refractivity (Wildman–Crippen MR) is 91.9 cm³/mol. The van der Waals surface area contributed by atoms with Gasteiger partial charge in [0.15, 0.2) is 0 Å². The van der Waals surface area contributed by atoms with E-state index in [-0.39, 0.29) is 6.04 Å². The second kappa shape index (κ2) is 8.50. The third-order valence-corrected chi connectivity index (χ3v) is 3.74. The van der Waals surface area contributed by atoms with Crippen molar-refractivity contribution in [2.45, 2.75) is 12.6 Å². The van der Waals surface area contributed by atoms with Crippen molar-refractivity contribution in [3.05, 3.63) is 53.7 Å². The zero-order chi connectivity index (χ0) is 16.7. The monoisotopic (exact) mass is 315 g/mol. The number of nitrogens with one attached hydrogen (secondary N) is 1. The van der Waals surface area contributed by atoms with Gasteiger partial charge in [-0.3, -0.25) is 0 Å². The first kappa shape index (κ1) is 17.2. The molecule has 0 saturated carbocycles. The number of likely N-dealkylation sites (N-methyl/N-ethyl adjacent to an activating group) is 1. The number of hydrogen-bond acceptors (Lipinski definition) is 5. The normalized spacial score (nSPS) is 12.2. The van der Waals surface area contributed by atoms with Gasteiger partial charge < -0.3 is 19.7 Å². The minimum Gasteiger partial charge on any atom is -0.497 e. The summed E-state index contributed by atoms with van der Waals surface area (Å²) in [5, 5.41) is 3.47. The largest absolute Gasteiger partial charge is 0.497 e. The molecule has 124 valence electrons. The standard InChI is InChI=1S/C18H25N3O2/c1-21(2)17(14-7-5-9-16(11-14)22-3)13-19-12-15-8-6-10-18(20-15)23-4/h5-11,17,19H,12-13H2,1-4H3. The highest BCUT2D eigenvalue weighted by molar-refractivity contribution is 5.30. The summed E-state index contributed by atoms with van der Waals surface area (Å²) in [5.41, 5.74) is 2.19. The molecule has 23 heavy (non-hydrogen) atoms. The second-order valence-electron chi connectivity index (χ2n) is 5.56. The van der Waals surface area contributed by atoms with Crippen LogP contribution in [-0.2, 0) is 6.54 Å². The molecule has 2 aromatic rings. The van der Waals surface area contributed by atoms with Gasteiger partial charge >= 0.3 is 0 Å². The van der Waals surface area contributed by atoms with Crippen molar-refractivity contribution in [3.8, 4) is 11.6 Å².